The van der Waals surface area contributed by atoms with Crippen LogP contribution in [0.1, 0.15) is 116 Å². The van der Waals surface area contributed by atoms with Gasteiger partial charge in [-0.25, -0.2) is 4.57 Å². The van der Waals surface area contributed by atoms with Crippen molar-refractivity contribution in [1.29, 1.82) is 0 Å². The zero-order chi connectivity index (χ0) is 29.2. The molecule has 0 rings (SSSR count). The van der Waals surface area contributed by atoms with E-state index in [1.807, 2.05) is 0 Å². The van der Waals surface area contributed by atoms with Crippen LogP contribution >= 0.6 is 7.82 Å². The van der Waals surface area contributed by atoms with Crippen LogP contribution in [0.2, 0.25) is 0 Å². The fraction of sp³-hybridized carbons (Fsp3) is 0.857. The first-order chi connectivity index (χ1) is 18.7. The van der Waals surface area contributed by atoms with Gasteiger partial charge >= 0.3 is 19.8 Å². The number of aliphatic hydroxyl groups is 2. The van der Waals surface area contributed by atoms with Crippen LogP contribution in [-0.2, 0) is 32.7 Å². The summed E-state index contributed by atoms with van der Waals surface area (Å²) in [7, 11) is -4.59. The quantitative estimate of drug-likeness (QED) is 0.0461. The van der Waals surface area contributed by atoms with Gasteiger partial charge in [-0.2, -0.15) is 12.8 Å². The molecule has 3 N–H and O–H groups in total. The molecule has 0 aromatic carbocycles. The molecule has 0 saturated heterocycles. The van der Waals surface area contributed by atoms with E-state index < -0.39 is 51.8 Å². The van der Waals surface area contributed by atoms with Crippen molar-refractivity contribution in [3.63, 3.8) is 0 Å². The normalized spacial score (nSPS) is 14.5. The number of unbranched alkanes of at least 4 members (excludes halogenated alkanes) is 14. The zero-order valence-corrected chi connectivity index (χ0v) is 24.7. The Morgan fingerprint density at radius 2 is 1.10 bits per heavy atom. The van der Waals surface area contributed by atoms with Gasteiger partial charge in [0.15, 0.2) is 6.10 Å². The summed E-state index contributed by atoms with van der Waals surface area (Å²) in [5.41, 5.74) is 0. The van der Waals surface area contributed by atoms with Crippen LogP contribution in [-0.4, -0.2) is 65.7 Å². The average Bonchev–Trinajstić information content (AvgIpc) is 2.91. The van der Waals surface area contributed by atoms with E-state index in [1.165, 1.54) is 38.5 Å². The second-order valence-corrected chi connectivity index (χ2v) is 11.3. The summed E-state index contributed by atoms with van der Waals surface area (Å²) in [4.78, 5) is 34.2. The minimum absolute atomic E-state index is 0.178. The summed E-state index contributed by atoms with van der Waals surface area (Å²) >= 11 is 0. The van der Waals surface area contributed by atoms with E-state index in [-0.39, 0.29) is 19.4 Å². The van der Waals surface area contributed by atoms with Gasteiger partial charge in [-0.1, -0.05) is 77.0 Å². The highest BCUT2D eigenvalue weighted by Crippen LogP contribution is 2.43. The molecule has 0 aliphatic carbocycles. The highest BCUT2D eigenvalue weighted by molar-refractivity contribution is 7.47. The second-order valence-electron chi connectivity index (χ2n) is 9.85. The molecular weight excluding hydrogens is 527 g/mol. The zero-order valence-electron chi connectivity index (χ0n) is 23.8. The first kappa shape index (κ1) is 38.0. The predicted molar refractivity (Wildman–Crippen MR) is 149 cm³/mol. The lowest BCUT2D eigenvalue weighted by Gasteiger charge is -2.20. The molecule has 0 aromatic rings. The van der Waals surface area contributed by atoms with Crippen molar-refractivity contribution in [2.45, 2.75) is 128 Å². The van der Waals surface area contributed by atoms with Crippen LogP contribution in [0.4, 0.5) is 0 Å². The molecule has 0 fully saturated rings. The molecule has 3 atom stereocenters. The minimum atomic E-state index is -4.59. The van der Waals surface area contributed by atoms with Gasteiger partial charge in [0, 0.05) is 12.8 Å². The van der Waals surface area contributed by atoms with Gasteiger partial charge < -0.3 is 38.4 Å². The molecule has 0 aromatic heterocycles. The molecule has 10 nitrogen and oxygen atoms in total. The Labute approximate surface area is 235 Å². The molecule has 232 valence electrons. The summed E-state index contributed by atoms with van der Waals surface area (Å²) in [5.74, 6) is -0.967. The molecule has 1 unspecified atom stereocenters. The molecule has 0 aliphatic heterocycles. The van der Waals surface area contributed by atoms with Gasteiger partial charge in [0.2, 0.25) is 0 Å². The summed E-state index contributed by atoms with van der Waals surface area (Å²) < 4.78 is 32.1. The van der Waals surface area contributed by atoms with E-state index in [1.54, 1.807) is 0 Å². The molecule has 0 heterocycles. The molecule has 0 aliphatic rings. The number of aliphatic hydroxyl groups excluding tert-OH is 2. The van der Waals surface area contributed by atoms with Gasteiger partial charge in [-0.15, -0.1) is 0 Å². The monoisotopic (exact) mass is 580 g/mol. The molecular formula is C28H53O10P-2. The molecule has 11 heteroatoms. The number of rotatable bonds is 28. The molecule has 0 radical (unpaired) electrons. The van der Waals surface area contributed by atoms with Gasteiger partial charge in [0.05, 0.1) is 19.8 Å². The van der Waals surface area contributed by atoms with E-state index in [0.29, 0.717) is 12.8 Å². The number of hydrogen-bond acceptors (Lipinski definition) is 9. The number of esters is 2. The van der Waals surface area contributed by atoms with Gasteiger partial charge in [-0.05, 0) is 12.8 Å². The number of phosphoric acid groups is 1. The van der Waals surface area contributed by atoms with Gasteiger partial charge in [0.1, 0.15) is 12.7 Å². The lowest BCUT2D eigenvalue weighted by atomic mass is 10.1. The third kappa shape index (κ3) is 25.7. The Hall–Kier alpha value is -1.03. The SMILES string of the molecule is [CH2-]CCCCCCCCCCCCC(=O)O[C@H](COC(=O)CCCCCC[CH2-])COP(=O)(O)OC[C@@H](O)CO. The fourth-order valence-corrected chi connectivity index (χ4v) is 4.52. The minimum Gasteiger partial charge on any atom is -0.462 e. The third-order valence-corrected chi connectivity index (χ3v) is 7.01. The standard InChI is InChI=1S/C28H53O10P/c1-3-5-7-9-10-11-12-13-14-16-18-20-28(32)38-26(23-35-27(31)19-17-15-8-6-4-2)24-37-39(33,34)36-22-25(30)21-29/h25-26,29-30H,1-24H2,(H,33,34)/q-2/t25-,26+/m0/s1. The van der Waals surface area contributed by atoms with Crippen molar-refractivity contribution in [2.75, 3.05) is 26.4 Å². The first-order valence-corrected chi connectivity index (χ1v) is 16.1. The maximum absolute atomic E-state index is 12.4. The molecule has 0 spiro atoms. The van der Waals surface area contributed by atoms with Crippen LogP contribution in [0.3, 0.4) is 0 Å². The Balaban J connectivity index is 4.44. The number of carbonyl (C=O) groups excluding carboxylic acids is 2. The molecule has 0 saturated carbocycles. The Bertz CT molecular complexity index is 646. The highest BCUT2D eigenvalue weighted by Gasteiger charge is 2.27. The summed E-state index contributed by atoms with van der Waals surface area (Å²) in [5, 5.41) is 18.1. The van der Waals surface area contributed by atoms with Crippen molar-refractivity contribution in [3.8, 4) is 0 Å². The van der Waals surface area contributed by atoms with Crippen molar-refractivity contribution < 1.29 is 47.8 Å². The van der Waals surface area contributed by atoms with Gasteiger partial charge in [-0.3, -0.25) is 18.6 Å². The molecule has 0 amide bonds. The number of ether oxygens (including phenoxy) is 2. The van der Waals surface area contributed by atoms with Crippen LogP contribution in [0, 0.1) is 13.8 Å². The second kappa shape index (κ2) is 25.9. The molecule has 0 bridgehead atoms. The summed E-state index contributed by atoms with van der Waals surface area (Å²) in [6, 6.07) is 0. The van der Waals surface area contributed by atoms with E-state index in [4.69, 9.17) is 19.1 Å². The Morgan fingerprint density at radius 3 is 1.59 bits per heavy atom. The van der Waals surface area contributed by atoms with Crippen molar-refractivity contribution >= 4 is 19.8 Å². The predicted octanol–water partition coefficient (Wildman–Crippen LogP) is 5.62. The smallest absolute Gasteiger partial charge is 0.462 e. The van der Waals surface area contributed by atoms with Crippen LogP contribution in [0.5, 0.6) is 0 Å². The first-order valence-electron chi connectivity index (χ1n) is 14.6. The Morgan fingerprint density at radius 1 is 0.667 bits per heavy atom. The maximum Gasteiger partial charge on any atom is 0.472 e. The van der Waals surface area contributed by atoms with E-state index >= 15 is 0 Å². The van der Waals surface area contributed by atoms with Crippen LogP contribution < -0.4 is 0 Å². The largest absolute Gasteiger partial charge is 0.472 e. The van der Waals surface area contributed by atoms with Crippen molar-refractivity contribution in [1.82, 2.24) is 0 Å². The lowest BCUT2D eigenvalue weighted by Crippen LogP contribution is -2.29. The molecule has 39 heavy (non-hydrogen) atoms. The van der Waals surface area contributed by atoms with Gasteiger partial charge in [0.25, 0.3) is 0 Å². The van der Waals surface area contributed by atoms with E-state index in [9.17, 15) is 24.2 Å². The maximum atomic E-state index is 12.4. The number of hydrogen-bond donors (Lipinski definition) is 3. The third-order valence-electron chi connectivity index (χ3n) is 6.05. The summed E-state index contributed by atoms with van der Waals surface area (Å²) in [6.45, 7) is 5.51. The number of phosphoric ester groups is 1. The average molecular weight is 581 g/mol. The van der Waals surface area contributed by atoms with E-state index in [2.05, 4.69) is 18.4 Å². The van der Waals surface area contributed by atoms with E-state index in [0.717, 1.165) is 51.4 Å². The highest BCUT2D eigenvalue weighted by atomic mass is 31.2. The summed E-state index contributed by atoms with van der Waals surface area (Å²) in [6.07, 6.45) is 14.5. The Kier molecular flexibility index (Phi) is 25.2. The van der Waals surface area contributed by atoms with Crippen LogP contribution in [0.15, 0.2) is 0 Å². The lowest BCUT2D eigenvalue weighted by molar-refractivity contribution is -0.161. The van der Waals surface area contributed by atoms with Crippen molar-refractivity contribution in [2.24, 2.45) is 0 Å². The topological polar surface area (TPSA) is 149 Å². The van der Waals surface area contributed by atoms with Crippen molar-refractivity contribution in [3.05, 3.63) is 13.8 Å². The number of carbonyl (C=O) groups is 2. The van der Waals surface area contributed by atoms with Crippen LogP contribution in [0.25, 0.3) is 0 Å². The fourth-order valence-electron chi connectivity index (χ4n) is 3.73.